The second kappa shape index (κ2) is 11.1. The lowest BCUT2D eigenvalue weighted by Crippen LogP contribution is -2.70. The molecule has 11 heteroatoms. The van der Waals surface area contributed by atoms with Crippen molar-refractivity contribution in [2.24, 2.45) is 5.41 Å². The fourth-order valence-electron chi connectivity index (χ4n) is 5.73. The van der Waals surface area contributed by atoms with Gasteiger partial charge in [0.1, 0.15) is 0 Å². The van der Waals surface area contributed by atoms with Crippen LogP contribution < -0.4 is 4.90 Å². The number of rotatable bonds is 10. The molecule has 42 heavy (non-hydrogen) atoms. The molecule has 1 N–H and O–H groups in total. The third-order valence-corrected chi connectivity index (χ3v) is 10.1. The normalized spacial score (nSPS) is 17.5. The number of nitrogens with zero attached hydrogens (tertiary/aromatic N) is 4. The standard InChI is InChI=1S/C31H39FN4O5S/c1-29(2,32)27-33-26(34-41-27)11-6-5-7-16-36(28(37)35-18-31(19-35)20-42(39,40)21-31)25-10-8-9-23(17-25)22-12-14-24(15-13-22)30(3,4)38/h8-10,12-15,17,38H,5-7,11,16,18-21H2,1-4H3. The highest BCUT2D eigenvalue weighted by molar-refractivity contribution is 7.92. The molecule has 1 aromatic heterocycles. The highest BCUT2D eigenvalue weighted by atomic mass is 32.2. The van der Waals surface area contributed by atoms with Gasteiger partial charge in [-0.15, -0.1) is 0 Å². The van der Waals surface area contributed by atoms with E-state index >= 15 is 0 Å². The van der Waals surface area contributed by atoms with Gasteiger partial charge in [0.2, 0.25) is 0 Å². The van der Waals surface area contributed by atoms with Crippen molar-refractivity contribution in [3.8, 4) is 11.1 Å². The monoisotopic (exact) mass is 598 g/mol. The average Bonchev–Trinajstić information content (AvgIpc) is 3.37. The van der Waals surface area contributed by atoms with E-state index in [0.29, 0.717) is 31.9 Å². The maximum Gasteiger partial charge on any atom is 0.324 e. The van der Waals surface area contributed by atoms with Gasteiger partial charge in [0, 0.05) is 37.2 Å². The van der Waals surface area contributed by atoms with Gasteiger partial charge in [0.15, 0.2) is 21.3 Å². The van der Waals surface area contributed by atoms with Crippen LogP contribution in [0.1, 0.15) is 64.2 Å². The summed E-state index contributed by atoms with van der Waals surface area (Å²) in [4.78, 5) is 21.4. The van der Waals surface area contributed by atoms with E-state index < -0.39 is 21.1 Å². The number of hydrogen-bond acceptors (Lipinski definition) is 7. The highest BCUT2D eigenvalue weighted by Crippen LogP contribution is 2.42. The number of anilines is 1. The maximum absolute atomic E-state index is 14.0. The van der Waals surface area contributed by atoms with Gasteiger partial charge in [0.05, 0.1) is 17.1 Å². The molecule has 0 radical (unpaired) electrons. The minimum atomic E-state index is -2.98. The van der Waals surface area contributed by atoms with Gasteiger partial charge in [0.25, 0.3) is 5.89 Å². The average molecular weight is 599 g/mol. The number of unbranched alkanes of at least 4 members (excludes halogenated alkanes) is 2. The van der Waals surface area contributed by atoms with Crippen LogP contribution in [-0.2, 0) is 27.5 Å². The van der Waals surface area contributed by atoms with Crippen molar-refractivity contribution in [3.63, 3.8) is 0 Å². The Hall–Kier alpha value is -3.31. The van der Waals surface area contributed by atoms with Crippen LogP contribution in [0.5, 0.6) is 0 Å². The Kier molecular flexibility index (Phi) is 7.95. The van der Waals surface area contributed by atoms with Crippen LogP contribution in [-0.4, -0.2) is 65.7 Å². The van der Waals surface area contributed by atoms with Crippen LogP contribution in [0.4, 0.5) is 14.9 Å². The summed E-state index contributed by atoms with van der Waals surface area (Å²) in [6.07, 6.45) is 2.83. The Bertz CT molecular complexity index is 1520. The number of halogens is 1. The van der Waals surface area contributed by atoms with Crippen molar-refractivity contribution in [1.82, 2.24) is 15.0 Å². The lowest BCUT2D eigenvalue weighted by Gasteiger charge is -2.55. The molecule has 0 saturated carbocycles. The van der Waals surface area contributed by atoms with Crippen molar-refractivity contribution in [1.29, 1.82) is 0 Å². The minimum Gasteiger partial charge on any atom is -0.386 e. The molecular weight excluding hydrogens is 559 g/mol. The van der Waals surface area contributed by atoms with Crippen molar-refractivity contribution < 1.29 is 27.2 Å². The van der Waals surface area contributed by atoms with E-state index in [1.807, 2.05) is 48.5 Å². The number of alkyl halides is 1. The summed E-state index contributed by atoms with van der Waals surface area (Å²) >= 11 is 0. The van der Waals surface area contributed by atoms with Gasteiger partial charge >= 0.3 is 6.03 Å². The molecule has 3 heterocycles. The number of sulfone groups is 1. The Morgan fingerprint density at radius 1 is 1.05 bits per heavy atom. The molecule has 2 amide bonds. The predicted molar refractivity (Wildman–Crippen MR) is 159 cm³/mol. The van der Waals surface area contributed by atoms with E-state index in [4.69, 9.17) is 4.52 Å². The van der Waals surface area contributed by atoms with Crippen LogP contribution >= 0.6 is 0 Å². The quantitative estimate of drug-likeness (QED) is 0.317. The molecule has 0 unspecified atom stereocenters. The van der Waals surface area contributed by atoms with Crippen molar-refractivity contribution in [2.45, 2.75) is 64.6 Å². The van der Waals surface area contributed by atoms with Crippen molar-refractivity contribution in [3.05, 3.63) is 65.8 Å². The molecule has 2 aromatic carbocycles. The second-order valence-electron chi connectivity index (χ2n) is 12.8. The summed E-state index contributed by atoms with van der Waals surface area (Å²) in [5.74, 6) is 0.734. The van der Waals surface area contributed by atoms with Gasteiger partial charge < -0.3 is 14.5 Å². The molecule has 1 spiro atoms. The number of benzene rings is 2. The van der Waals surface area contributed by atoms with Crippen molar-refractivity contribution in [2.75, 3.05) is 36.0 Å². The number of urea groups is 1. The molecule has 9 nitrogen and oxygen atoms in total. The highest BCUT2D eigenvalue weighted by Gasteiger charge is 2.57. The zero-order chi connectivity index (χ0) is 30.3. The maximum atomic E-state index is 14.0. The second-order valence-corrected chi connectivity index (χ2v) is 14.9. The van der Waals surface area contributed by atoms with Crippen LogP contribution in [0.3, 0.4) is 0 Å². The van der Waals surface area contributed by atoms with Crippen LogP contribution in [0, 0.1) is 5.41 Å². The summed E-state index contributed by atoms with van der Waals surface area (Å²) in [7, 11) is -2.98. The largest absolute Gasteiger partial charge is 0.386 e. The van der Waals surface area contributed by atoms with Crippen LogP contribution in [0.25, 0.3) is 11.1 Å². The first-order valence-corrected chi connectivity index (χ1v) is 16.2. The molecule has 226 valence electrons. The first-order valence-electron chi connectivity index (χ1n) is 14.4. The SMILES string of the molecule is CC(C)(O)c1ccc(-c2cccc(N(CCCCCc3noc(C(C)(C)F)n3)C(=O)N3CC4(C3)CS(=O)(=O)C4)c2)cc1. The van der Waals surface area contributed by atoms with E-state index in [-0.39, 0.29) is 28.8 Å². The van der Waals surface area contributed by atoms with Crippen molar-refractivity contribution >= 4 is 21.6 Å². The van der Waals surface area contributed by atoms with Gasteiger partial charge in [-0.3, -0.25) is 4.90 Å². The number of amides is 2. The molecule has 2 fully saturated rings. The topological polar surface area (TPSA) is 117 Å². The first-order chi connectivity index (χ1) is 19.6. The van der Waals surface area contributed by atoms with E-state index in [1.54, 1.807) is 23.6 Å². The molecule has 3 aromatic rings. The summed E-state index contributed by atoms with van der Waals surface area (Å²) in [5, 5.41) is 14.2. The molecular formula is C31H39FN4O5S. The summed E-state index contributed by atoms with van der Waals surface area (Å²) in [6, 6.07) is 15.4. The predicted octanol–water partition coefficient (Wildman–Crippen LogP) is 5.24. The summed E-state index contributed by atoms with van der Waals surface area (Å²) in [5.41, 5.74) is 0.582. The fourth-order valence-corrected chi connectivity index (χ4v) is 7.88. The van der Waals surface area contributed by atoms with Crippen LogP contribution in [0.2, 0.25) is 0 Å². The van der Waals surface area contributed by atoms with E-state index in [2.05, 4.69) is 10.1 Å². The molecule has 2 aliphatic rings. The Morgan fingerprint density at radius 2 is 1.74 bits per heavy atom. The Balaban J connectivity index is 1.27. The lowest BCUT2D eigenvalue weighted by molar-refractivity contribution is 0.0585. The summed E-state index contributed by atoms with van der Waals surface area (Å²) in [6.45, 7) is 7.62. The number of aliphatic hydroxyl groups is 1. The first kappa shape index (κ1) is 30.2. The molecule has 0 atom stereocenters. The third-order valence-electron chi connectivity index (χ3n) is 7.95. The summed E-state index contributed by atoms with van der Waals surface area (Å²) < 4.78 is 42.6. The minimum absolute atomic E-state index is 0.0320. The Morgan fingerprint density at radius 3 is 2.33 bits per heavy atom. The van der Waals surface area contributed by atoms with E-state index in [1.165, 1.54) is 13.8 Å². The number of hydrogen-bond donors (Lipinski definition) is 1. The zero-order valence-corrected chi connectivity index (χ0v) is 25.5. The van der Waals surface area contributed by atoms with E-state index in [9.17, 15) is 22.7 Å². The lowest BCUT2D eigenvalue weighted by atomic mass is 9.83. The van der Waals surface area contributed by atoms with Gasteiger partial charge in [-0.1, -0.05) is 48.0 Å². The van der Waals surface area contributed by atoms with Crippen LogP contribution in [0.15, 0.2) is 53.1 Å². The van der Waals surface area contributed by atoms with E-state index in [0.717, 1.165) is 41.6 Å². The van der Waals surface area contributed by atoms with Gasteiger partial charge in [-0.05, 0) is 69.4 Å². The number of likely N-dealkylation sites (tertiary alicyclic amines) is 1. The molecule has 0 bridgehead atoms. The van der Waals surface area contributed by atoms with Gasteiger partial charge in [-0.2, -0.15) is 4.98 Å². The number of aryl methyl sites for hydroxylation is 1. The van der Waals surface area contributed by atoms with Gasteiger partial charge in [-0.25, -0.2) is 17.6 Å². The fraction of sp³-hybridized carbons (Fsp3) is 0.516. The zero-order valence-electron chi connectivity index (χ0n) is 24.6. The molecule has 0 aliphatic carbocycles. The number of carbonyl (C=O) groups excluding carboxylic acids is 1. The molecule has 2 aliphatic heterocycles. The Labute approximate surface area is 246 Å². The smallest absolute Gasteiger partial charge is 0.324 e. The molecule has 2 saturated heterocycles. The number of carbonyl (C=O) groups is 1. The third kappa shape index (κ3) is 6.67. The molecule has 5 rings (SSSR count). The number of aromatic nitrogens is 2.